The van der Waals surface area contributed by atoms with Crippen LogP contribution in [-0.2, 0) is 28.0 Å². The molecule has 1 fully saturated rings. The number of anilines is 1. The van der Waals surface area contributed by atoms with Crippen LogP contribution in [0.25, 0.3) is 10.8 Å². The molecule has 0 unspecified atom stereocenters. The van der Waals surface area contributed by atoms with Gasteiger partial charge < -0.3 is 10.6 Å². The molecule has 2 aromatic carbocycles. The first-order valence-corrected chi connectivity index (χ1v) is 12.2. The zero-order valence-electron chi connectivity index (χ0n) is 18.8. The van der Waals surface area contributed by atoms with Crippen LogP contribution in [0, 0.1) is 11.3 Å². The van der Waals surface area contributed by atoms with Crippen molar-refractivity contribution in [2.45, 2.75) is 44.6 Å². The third-order valence-electron chi connectivity index (χ3n) is 6.69. The Hall–Kier alpha value is -3.70. The minimum Gasteiger partial charge on any atom is -0.319 e. The molecule has 0 saturated carbocycles. The summed E-state index contributed by atoms with van der Waals surface area (Å²) in [6.45, 7) is 1.25. The first-order valence-electron chi connectivity index (χ1n) is 11.4. The summed E-state index contributed by atoms with van der Waals surface area (Å²) in [7, 11) is 0. The average molecular weight is 473 g/mol. The molecule has 3 aromatic rings. The van der Waals surface area contributed by atoms with Crippen molar-refractivity contribution in [2.24, 2.45) is 0 Å². The lowest BCUT2D eigenvalue weighted by atomic mass is 9.88. The van der Waals surface area contributed by atoms with Crippen LogP contribution in [0.4, 0.5) is 9.80 Å². The Morgan fingerprint density at radius 2 is 1.91 bits per heavy atom. The zero-order chi connectivity index (χ0) is 23.9. The van der Waals surface area contributed by atoms with Gasteiger partial charge in [-0.05, 0) is 54.5 Å². The Bertz CT molecular complexity index is 1370. The van der Waals surface area contributed by atoms with Crippen LogP contribution in [0.5, 0.6) is 0 Å². The Labute approximate surface area is 201 Å². The number of thiophene rings is 1. The summed E-state index contributed by atoms with van der Waals surface area (Å²) in [4.78, 5) is 41.2. The van der Waals surface area contributed by atoms with Crippen LogP contribution in [-0.4, -0.2) is 29.3 Å². The monoisotopic (exact) mass is 472 g/mol. The molecule has 8 heteroatoms. The van der Waals surface area contributed by atoms with Crippen molar-refractivity contribution in [3.8, 4) is 6.07 Å². The molecule has 0 bridgehead atoms. The number of benzene rings is 2. The first kappa shape index (κ1) is 22.1. The van der Waals surface area contributed by atoms with Crippen molar-refractivity contribution < 1.29 is 14.4 Å². The van der Waals surface area contributed by atoms with Crippen LogP contribution in [0.3, 0.4) is 0 Å². The van der Waals surface area contributed by atoms with Gasteiger partial charge in [0.25, 0.3) is 5.91 Å². The minimum atomic E-state index is -1.28. The SMILES string of the molecule is C[C@@]1(c2cccc3ccccc23)NC(=O)N(CC(=O)Nc2sc3c(c2C#N)CCCCC3)C1=O. The van der Waals surface area contributed by atoms with Crippen molar-refractivity contribution in [3.05, 3.63) is 64.0 Å². The Kier molecular flexibility index (Phi) is 5.58. The quantitative estimate of drug-likeness (QED) is 0.433. The number of nitriles is 1. The second kappa shape index (κ2) is 8.58. The highest BCUT2D eigenvalue weighted by molar-refractivity contribution is 7.16. The molecule has 2 heterocycles. The lowest BCUT2D eigenvalue weighted by Gasteiger charge is -2.24. The van der Waals surface area contributed by atoms with Crippen molar-refractivity contribution in [1.82, 2.24) is 10.2 Å². The second-order valence-electron chi connectivity index (χ2n) is 8.90. The van der Waals surface area contributed by atoms with Crippen molar-refractivity contribution in [3.63, 3.8) is 0 Å². The maximum Gasteiger partial charge on any atom is 0.325 e. The van der Waals surface area contributed by atoms with Gasteiger partial charge in [0.1, 0.15) is 23.2 Å². The molecule has 1 aliphatic carbocycles. The number of amides is 4. The Morgan fingerprint density at radius 1 is 1.15 bits per heavy atom. The lowest BCUT2D eigenvalue weighted by Crippen LogP contribution is -2.42. The number of carbonyl (C=O) groups excluding carboxylic acids is 3. The summed E-state index contributed by atoms with van der Waals surface area (Å²) in [5.41, 5.74) is 0.934. The van der Waals surface area contributed by atoms with Gasteiger partial charge in [-0.25, -0.2) is 4.79 Å². The predicted molar refractivity (Wildman–Crippen MR) is 130 cm³/mol. The van der Waals surface area contributed by atoms with E-state index in [1.165, 1.54) is 11.3 Å². The highest BCUT2D eigenvalue weighted by Crippen LogP contribution is 2.37. The van der Waals surface area contributed by atoms with Gasteiger partial charge in [-0.1, -0.05) is 48.9 Å². The van der Waals surface area contributed by atoms with Gasteiger partial charge in [0.05, 0.1) is 5.56 Å². The summed E-state index contributed by atoms with van der Waals surface area (Å²) in [6.07, 6.45) is 4.97. The molecule has 172 valence electrons. The van der Waals surface area contributed by atoms with Crippen molar-refractivity contribution in [2.75, 3.05) is 11.9 Å². The van der Waals surface area contributed by atoms with E-state index < -0.39 is 29.9 Å². The molecule has 5 rings (SSSR count). The van der Waals surface area contributed by atoms with E-state index in [1.54, 1.807) is 6.92 Å². The summed E-state index contributed by atoms with van der Waals surface area (Å²) in [5.74, 6) is -0.981. The van der Waals surface area contributed by atoms with Crippen LogP contribution in [0.1, 0.15) is 47.8 Å². The van der Waals surface area contributed by atoms with Crippen molar-refractivity contribution >= 4 is 45.0 Å². The third-order valence-corrected chi connectivity index (χ3v) is 7.90. The van der Waals surface area contributed by atoms with Crippen LogP contribution in [0.2, 0.25) is 0 Å². The standard InChI is InChI=1S/C26H24N4O3S/c1-26(20-12-7-9-16-8-5-6-10-17(16)20)24(32)30(25(33)29-26)15-22(31)28-23-19(14-27)18-11-3-2-4-13-21(18)34-23/h5-10,12H,2-4,11,13,15H2,1H3,(H,28,31)(H,29,33)/t26-/m0/s1. The van der Waals surface area contributed by atoms with E-state index in [0.717, 1.165) is 58.2 Å². The summed E-state index contributed by atoms with van der Waals surface area (Å²) >= 11 is 1.43. The zero-order valence-corrected chi connectivity index (χ0v) is 19.6. The van der Waals surface area contributed by atoms with Gasteiger partial charge >= 0.3 is 6.03 Å². The number of nitrogens with zero attached hydrogens (tertiary/aromatic N) is 2. The molecular formula is C26H24N4O3S. The van der Waals surface area contributed by atoms with Gasteiger partial charge in [0.15, 0.2) is 0 Å². The van der Waals surface area contributed by atoms with Crippen LogP contribution in [0.15, 0.2) is 42.5 Å². The molecule has 1 saturated heterocycles. The molecule has 2 aliphatic rings. The molecule has 1 atom stereocenters. The summed E-state index contributed by atoms with van der Waals surface area (Å²) < 4.78 is 0. The fraction of sp³-hybridized carbons (Fsp3) is 0.308. The number of imide groups is 1. The number of hydrogen-bond donors (Lipinski definition) is 2. The second-order valence-corrected chi connectivity index (χ2v) is 10.0. The Balaban J connectivity index is 1.38. The lowest BCUT2D eigenvalue weighted by molar-refractivity contribution is -0.133. The number of nitrogens with one attached hydrogen (secondary N) is 2. The van der Waals surface area contributed by atoms with Crippen LogP contribution >= 0.6 is 11.3 Å². The number of aryl methyl sites for hydroxylation is 1. The topological polar surface area (TPSA) is 102 Å². The molecule has 0 radical (unpaired) electrons. The van der Waals surface area contributed by atoms with E-state index in [2.05, 4.69) is 16.7 Å². The smallest absolute Gasteiger partial charge is 0.319 e. The molecule has 7 nitrogen and oxygen atoms in total. The first-order chi connectivity index (χ1) is 16.4. The van der Waals surface area contributed by atoms with E-state index in [1.807, 2.05) is 42.5 Å². The van der Waals surface area contributed by atoms with Gasteiger partial charge in [-0.2, -0.15) is 5.26 Å². The number of fused-ring (bicyclic) bond motifs is 2. The number of urea groups is 1. The van der Waals surface area contributed by atoms with Gasteiger partial charge in [-0.15, -0.1) is 11.3 Å². The maximum atomic E-state index is 13.4. The van der Waals surface area contributed by atoms with Crippen molar-refractivity contribution in [1.29, 1.82) is 5.26 Å². The number of carbonyl (C=O) groups is 3. The van der Waals surface area contributed by atoms with E-state index in [9.17, 15) is 19.6 Å². The van der Waals surface area contributed by atoms with Gasteiger partial charge in [0, 0.05) is 4.88 Å². The molecule has 2 N–H and O–H groups in total. The molecule has 0 spiro atoms. The largest absolute Gasteiger partial charge is 0.325 e. The molecule has 1 aliphatic heterocycles. The predicted octanol–water partition coefficient (Wildman–Crippen LogP) is 4.45. The molecular weight excluding hydrogens is 448 g/mol. The average Bonchev–Trinajstić information content (AvgIpc) is 3.13. The number of rotatable bonds is 4. The summed E-state index contributed by atoms with van der Waals surface area (Å²) in [6, 6.07) is 14.9. The molecule has 4 amide bonds. The van der Waals surface area contributed by atoms with E-state index in [4.69, 9.17) is 0 Å². The fourth-order valence-corrected chi connectivity index (χ4v) is 6.20. The van der Waals surface area contributed by atoms with Gasteiger partial charge in [0.2, 0.25) is 5.91 Å². The van der Waals surface area contributed by atoms with Gasteiger partial charge in [-0.3, -0.25) is 14.5 Å². The van der Waals surface area contributed by atoms with E-state index >= 15 is 0 Å². The molecule has 34 heavy (non-hydrogen) atoms. The normalized spacial score (nSPS) is 19.9. The van der Waals surface area contributed by atoms with Crippen LogP contribution < -0.4 is 10.6 Å². The minimum absolute atomic E-state index is 0.418. The Morgan fingerprint density at radius 3 is 2.74 bits per heavy atom. The summed E-state index contributed by atoms with van der Waals surface area (Å²) in [5, 5.41) is 17.6. The number of hydrogen-bond acceptors (Lipinski definition) is 5. The van der Waals surface area contributed by atoms with E-state index in [0.29, 0.717) is 16.1 Å². The third kappa shape index (κ3) is 3.62. The highest BCUT2D eigenvalue weighted by Gasteiger charge is 2.50. The fourth-order valence-electron chi connectivity index (χ4n) is 4.94. The molecule has 1 aromatic heterocycles. The highest BCUT2D eigenvalue weighted by atomic mass is 32.1. The maximum absolute atomic E-state index is 13.4. The van der Waals surface area contributed by atoms with E-state index in [-0.39, 0.29) is 0 Å².